The molecule has 0 atom stereocenters. The van der Waals surface area contributed by atoms with E-state index in [1.807, 2.05) is 13.8 Å². The lowest BCUT2D eigenvalue weighted by Crippen LogP contribution is -1.94. The normalized spacial score (nSPS) is 10.5. The Bertz CT molecular complexity index is 901. The molecule has 0 saturated heterocycles. The van der Waals surface area contributed by atoms with Crippen LogP contribution in [0.4, 0.5) is 0 Å². The molecular formula is C21H21N. The van der Waals surface area contributed by atoms with Crippen molar-refractivity contribution in [1.82, 2.24) is 4.57 Å². The van der Waals surface area contributed by atoms with Gasteiger partial charge in [-0.15, -0.1) is 0 Å². The Morgan fingerprint density at radius 1 is 0.636 bits per heavy atom. The van der Waals surface area contributed by atoms with E-state index in [9.17, 15) is 0 Å². The fourth-order valence-electron chi connectivity index (χ4n) is 3.04. The van der Waals surface area contributed by atoms with Gasteiger partial charge in [-0.3, -0.25) is 0 Å². The molecule has 0 bridgehead atoms. The summed E-state index contributed by atoms with van der Waals surface area (Å²) < 4.78 is 2.36. The first-order chi connectivity index (χ1) is 10.9. The summed E-state index contributed by atoms with van der Waals surface area (Å²) in [7, 11) is 0. The van der Waals surface area contributed by atoms with E-state index in [1.165, 1.54) is 33.1 Å². The minimum Gasteiger partial charge on any atom is -0.309 e. The molecule has 4 aromatic rings. The standard InChI is InChI=1S/C19H15N.C2H6/c1-14-8-7-12-17-16-11-5-6-13-18(16)20(19(14)17)15-9-3-2-4-10-15;1-2/h2-13H,1H3;1-2H3. The summed E-state index contributed by atoms with van der Waals surface area (Å²) in [4.78, 5) is 0. The van der Waals surface area contributed by atoms with E-state index in [-0.39, 0.29) is 0 Å². The van der Waals surface area contributed by atoms with Crippen LogP contribution in [0.5, 0.6) is 0 Å². The zero-order chi connectivity index (χ0) is 15.5. The highest BCUT2D eigenvalue weighted by molar-refractivity contribution is 6.10. The number of hydrogen-bond acceptors (Lipinski definition) is 0. The average Bonchev–Trinajstić information content (AvgIpc) is 2.94. The van der Waals surface area contributed by atoms with Gasteiger partial charge in [0.1, 0.15) is 0 Å². The predicted octanol–water partition coefficient (Wildman–Crippen LogP) is 6.12. The van der Waals surface area contributed by atoms with E-state index in [0.717, 1.165) is 0 Å². The van der Waals surface area contributed by atoms with Gasteiger partial charge in [0, 0.05) is 16.5 Å². The summed E-state index contributed by atoms with van der Waals surface area (Å²) in [5.41, 5.74) is 5.10. The largest absolute Gasteiger partial charge is 0.309 e. The molecule has 0 radical (unpaired) electrons. The van der Waals surface area contributed by atoms with Crippen LogP contribution in [-0.4, -0.2) is 4.57 Å². The molecule has 1 heterocycles. The predicted molar refractivity (Wildman–Crippen MR) is 96.9 cm³/mol. The van der Waals surface area contributed by atoms with Crippen molar-refractivity contribution in [3.05, 3.63) is 78.4 Å². The highest BCUT2D eigenvalue weighted by Crippen LogP contribution is 2.33. The molecule has 1 heteroatoms. The summed E-state index contributed by atoms with van der Waals surface area (Å²) in [6, 6.07) is 25.7. The smallest absolute Gasteiger partial charge is 0.0570 e. The maximum absolute atomic E-state index is 2.36. The minimum absolute atomic E-state index is 1.22. The van der Waals surface area contributed by atoms with Crippen LogP contribution in [0.15, 0.2) is 72.8 Å². The number of nitrogens with zero attached hydrogens (tertiary/aromatic N) is 1. The number of para-hydroxylation sites is 3. The average molecular weight is 287 g/mol. The number of fused-ring (bicyclic) bond motifs is 3. The SMILES string of the molecule is CC.Cc1cccc2c3ccccc3n(-c3ccccc3)c12. The first-order valence-corrected chi connectivity index (χ1v) is 7.90. The molecule has 4 rings (SSSR count). The van der Waals surface area contributed by atoms with Crippen molar-refractivity contribution in [2.45, 2.75) is 20.8 Å². The molecule has 0 aliphatic carbocycles. The Balaban J connectivity index is 0.000000693. The molecule has 1 nitrogen and oxygen atoms in total. The van der Waals surface area contributed by atoms with Crippen LogP contribution in [0.3, 0.4) is 0 Å². The zero-order valence-corrected chi connectivity index (χ0v) is 13.4. The molecule has 22 heavy (non-hydrogen) atoms. The summed E-state index contributed by atoms with van der Waals surface area (Å²) >= 11 is 0. The Kier molecular flexibility index (Phi) is 3.97. The maximum Gasteiger partial charge on any atom is 0.0570 e. The summed E-state index contributed by atoms with van der Waals surface area (Å²) in [6.07, 6.45) is 0. The van der Waals surface area contributed by atoms with E-state index < -0.39 is 0 Å². The lowest BCUT2D eigenvalue weighted by atomic mass is 10.1. The fraction of sp³-hybridized carbons (Fsp3) is 0.143. The maximum atomic E-state index is 2.36. The molecule has 1 aromatic heterocycles. The first-order valence-electron chi connectivity index (χ1n) is 7.90. The highest BCUT2D eigenvalue weighted by atomic mass is 15.0. The minimum atomic E-state index is 1.22. The Labute approximate surface area is 131 Å². The van der Waals surface area contributed by atoms with Gasteiger partial charge in [0.15, 0.2) is 0 Å². The van der Waals surface area contributed by atoms with Crippen molar-refractivity contribution in [3.63, 3.8) is 0 Å². The van der Waals surface area contributed by atoms with Crippen molar-refractivity contribution >= 4 is 21.8 Å². The lowest BCUT2D eigenvalue weighted by molar-refractivity contribution is 1.17. The highest BCUT2D eigenvalue weighted by Gasteiger charge is 2.12. The number of aryl methyl sites for hydroxylation is 1. The van der Waals surface area contributed by atoms with Crippen LogP contribution in [0, 0.1) is 6.92 Å². The van der Waals surface area contributed by atoms with Gasteiger partial charge in [-0.05, 0) is 30.7 Å². The monoisotopic (exact) mass is 287 g/mol. The van der Waals surface area contributed by atoms with E-state index in [0.29, 0.717) is 0 Å². The molecule has 3 aromatic carbocycles. The van der Waals surface area contributed by atoms with Crippen LogP contribution in [0.1, 0.15) is 19.4 Å². The molecule has 110 valence electrons. The molecule has 0 N–H and O–H groups in total. The van der Waals surface area contributed by atoms with Gasteiger partial charge in [0.05, 0.1) is 11.0 Å². The summed E-state index contributed by atoms with van der Waals surface area (Å²) in [5, 5.41) is 2.64. The lowest BCUT2D eigenvalue weighted by Gasteiger charge is -2.08. The van der Waals surface area contributed by atoms with E-state index >= 15 is 0 Å². The van der Waals surface area contributed by atoms with Crippen LogP contribution in [0.25, 0.3) is 27.5 Å². The van der Waals surface area contributed by atoms with E-state index in [2.05, 4.69) is 84.3 Å². The molecular weight excluding hydrogens is 266 g/mol. The Morgan fingerprint density at radius 2 is 1.27 bits per heavy atom. The molecule has 0 saturated carbocycles. The second kappa shape index (κ2) is 6.07. The Morgan fingerprint density at radius 3 is 2.05 bits per heavy atom. The number of aromatic nitrogens is 1. The molecule has 0 unspecified atom stereocenters. The first kappa shape index (κ1) is 14.4. The second-order valence-corrected chi connectivity index (χ2v) is 5.16. The van der Waals surface area contributed by atoms with Crippen LogP contribution in [-0.2, 0) is 0 Å². The van der Waals surface area contributed by atoms with Crippen molar-refractivity contribution in [1.29, 1.82) is 0 Å². The quantitative estimate of drug-likeness (QED) is 0.397. The van der Waals surface area contributed by atoms with Crippen LogP contribution in [0.2, 0.25) is 0 Å². The van der Waals surface area contributed by atoms with Gasteiger partial charge in [-0.2, -0.15) is 0 Å². The third-order valence-electron chi connectivity index (χ3n) is 3.91. The second-order valence-electron chi connectivity index (χ2n) is 5.16. The number of rotatable bonds is 1. The van der Waals surface area contributed by atoms with Crippen molar-refractivity contribution in [2.75, 3.05) is 0 Å². The zero-order valence-electron chi connectivity index (χ0n) is 13.4. The summed E-state index contributed by atoms with van der Waals surface area (Å²) in [6.45, 7) is 6.18. The topological polar surface area (TPSA) is 4.93 Å². The third kappa shape index (κ3) is 2.19. The fourth-order valence-corrected chi connectivity index (χ4v) is 3.04. The number of hydrogen-bond donors (Lipinski definition) is 0. The molecule has 0 spiro atoms. The molecule has 0 aliphatic heterocycles. The van der Waals surface area contributed by atoms with Gasteiger partial charge in [-0.25, -0.2) is 0 Å². The molecule has 0 fully saturated rings. The van der Waals surface area contributed by atoms with Crippen LogP contribution >= 0.6 is 0 Å². The van der Waals surface area contributed by atoms with Gasteiger partial charge in [-0.1, -0.05) is 68.4 Å². The van der Waals surface area contributed by atoms with E-state index in [1.54, 1.807) is 0 Å². The molecule has 0 aliphatic rings. The van der Waals surface area contributed by atoms with E-state index in [4.69, 9.17) is 0 Å². The van der Waals surface area contributed by atoms with Crippen molar-refractivity contribution < 1.29 is 0 Å². The summed E-state index contributed by atoms with van der Waals surface area (Å²) in [5.74, 6) is 0. The third-order valence-corrected chi connectivity index (χ3v) is 3.91. The van der Waals surface area contributed by atoms with Gasteiger partial charge in [0.2, 0.25) is 0 Å². The molecule has 0 amide bonds. The van der Waals surface area contributed by atoms with Crippen molar-refractivity contribution in [2.24, 2.45) is 0 Å². The van der Waals surface area contributed by atoms with Crippen LogP contribution < -0.4 is 0 Å². The van der Waals surface area contributed by atoms with Gasteiger partial charge in [0.25, 0.3) is 0 Å². The number of benzene rings is 3. The van der Waals surface area contributed by atoms with Crippen molar-refractivity contribution in [3.8, 4) is 5.69 Å². The van der Waals surface area contributed by atoms with Gasteiger partial charge < -0.3 is 4.57 Å². The van der Waals surface area contributed by atoms with Gasteiger partial charge >= 0.3 is 0 Å². The Hall–Kier alpha value is -2.54.